The van der Waals surface area contributed by atoms with Gasteiger partial charge in [0.25, 0.3) is 0 Å². The summed E-state index contributed by atoms with van der Waals surface area (Å²) >= 11 is 4.80. The van der Waals surface area contributed by atoms with Gasteiger partial charge in [0.1, 0.15) is 0 Å². The van der Waals surface area contributed by atoms with E-state index >= 15 is 0 Å². The highest BCUT2D eigenvalue weighted by molar-refractivity contribution is 7.80. The molecule has 0 aliphatic carbocycles. The van der Waals surface area contributed by atoms with E-state index in [9.17, 15) is 4.79 Å². The topological polar surface area (TPSA) is 67.6 Å². The highest BCUT2D eigenvalue weighted by atomic mass is 32.1. The standard InChI is InChI=1S/C12H21N3O2S/c1-8(11(13)18)12(16)14-5-10-6-15-4-2-3-9(15)7-17-10/h8-10H,2-7H2,1H3,(H2,13,18)(H,14,16). The number of nitrogens with zero attached hydrogens (tertiary/aromatic N) is 1. The van der Waals surface area contributed by atoms with Crippen molar-refractivity contribution in [1.29, 1.82) is 0 Å². The van der Waals surface area contributed by atoms with Gasteiger partial charge in [0.05, 0.1) is 23.6 Å². The molecular weight excluding hydrogens is 250 g/mol. The Hall–Kier alpha value is -0.720. The van der Waals surface area contributed by atoms with Crippen molar-refractivity contribution in [2.24, 2.45) is 11.7 Å². The first-order valence-electron chi connectivity index (χ1n) is 6.50. The summed E-state index contributed by atoms with van der Waals surface area (Å²) in [6, 6.07) is 0.590. The number of fused-ring (bicyclic) bond motifs is 1. The zero-order valence-electron chi connectivity index (χ0n) is 10.7. The second-order valence-electron chi connectivity index (χ2n) is 5.12. The van der Waals surface area contributed by atoms with Crippen LogP contribution in [-0.4, -0.2) is 54.2 Å². The van der Waals surface area contributed by atoms with Gasteiger partial charge in [-0.3, -0.25) is 9.69 Å². The minimum Gasteiger partial charge on any atom is -0.393 e. The molecule has 2 fully saturated rings. The summed E-state index contributed by atoms with van der Waals surface area (Å²) < 4.78 is 5.76. The van der Waals surface area contributed by atoms with E-state index in [1.807, 2.05) is 0 Å². The maximum atomic E-state index is 11.7. The molecule has 2 aliphatic heterocycles. The number of hydrogen-bond donors (Lipinski definition) is 2. The molecule has 2 aliphatic rings. The molecule has 2 heterocycles. The average molecular weight is 271 g/mol. The van der Waals surface area contributed by atoms with Crippen LogP contribution >= 0.6 is 12.2 Å². The Labute approximate surface area is 113 Å². The smallest absolute Gasteiger partial charge is 0.229 e. The molecule has 0 spiro atoms. The van der Waals surface area contributed by atoms with Crippen LogP contribution in [0.2, 0.25) is 0 Å². The van der Waals surface area contributed by atoms with Gasteiger partial charge < -0.3 is 15.8 Å². The molecular formula is C12H21N3O2S. The van der Waals surface area contributed by atoms with Gasteiger partial charge in [-0.25, -0.2) is 0 Å². The van der Waals surface area contributed by atoms with Crippen molar-refractivity contribution < 1.29 is 9.53 Å². The van der Waals surface area contributed by atoms with Gasteiger partial charge in [0.2, 0.25) is 5.91 Å². The molecule has 3 N–H and O–H groups in total. The summed E-state index contributed by atoms with van der Waals surface area (Å²) in [5.41, 5.74) is 5.45. The van der Waals surface area contributed by atoms with Crippen LogP contribution in [0, 0.1) is 5.92 Å². The third kappa shape index (κ3) is 3.18. The Morgan fingerprint density at radius 2 is 2.44 bits per heavy atom. The second-order valence-corrected chi connectivity index (χ2v) is 5.59. The molecule has 5 nitrogen and oxygen atoms in total. The van der Waals surface area contributed by atoms with Crippen molar-refractivity contribution in [3.8, 4) is 0 Å². The molecule has 0 aromatic heterocycles. The zero-order chi connectivity index (χ0) is 13.1. The first-order chi connectivity index (χ1) is 8.58. The molecule has 3 atom stereocenters. The van der Waals surface area contributed by atoms with E-state index in [-0.39, 0.29) is 17.0 Å². The number of nitrogens with one attached hydrogen (secondary N) is 1. The third-order valence-corrected chi connectivity index (χ3v) is 4.14. The number of hydrogen-bond acceptors (Lipinski definition) is 4. The van der Waals surface area contributed by atoms with E-state index in [0.29, 0.717) is 12.6 Å². The van der Waals surface area contributed by atoms with Crippen LogP contribution in [0.15, 0.2) is 0 Å². The SMILES string of the molecule is CC(C(=O)NCC1CN2CCCC2CO1)C(N)=S. The van der Waals surface area contributed by atoms with Gasteiger partial charge in [0, 0.05) is 19.1 Å². The van der Waals surface area contributed by atoms with Crippen molar-refractivity contribution >= 4 is 23.1 Å². The Morgan fingerprint density at radius 1 is 1.67 bits per heavy atom. The van der Waals surface area contributed by atoms with Crippen LogP contribution in [-0.2, 0) is 9.53 Å². The Balaban J connectivity index is 1.74. The predicted octanol–water partition coefficient (Wildman–Crippen LogP) is -0.112. The number of amides is 1. The van der Waals surface area contributed by atoms with Crippen molar-refractivity contribution in [2.45, 2.75) is 31.9 Å². The number of nitrogens with two attached hydrogens (primary N) is 1. The summed E-state index contributed by atoms with van der Waals surface area (Å²) in [5.74, 6) is -0.530. The molecule has 0 saturated carbocycles. The fourth-order valence-electron chi connectivity index (χ4n) is 2.51. The number of rotatable bonds is 4. The molecule has 0 radical (unpaired) electrons. The van der Waals surface area contributed by atoms with Crippen LogP contribution in [0.25, 0.3) is 0 Å². The van der Waals surface area contributed by atoms with Crippen LogP contribution in [0.4, 0.5) is 0 Å². The third-order valence-electron chi connectivity index (χ3n) is 3.79. The summed E-state index contributed by atoms with van der Waals surface area (Å²) in [7, 11) is 0. The summed E-state index contributed by atoms with van der Waals surface area (Å²) in [6.45, 7) is 5.10. The minimum absolute atomic E-state index is 0.0850. The summed E-state index contributed by atoms with van der Waals surface area (Å²) in [5, 5.41) is 2.86. The highest BCUT2D eigenvalue weighted by Gasteiger charge is 2.32. The maximum Gasteiger partial charge on any atom is 0.229 e. The molecule has 18 heavy (non-hydrogen) atoms. The average Bonchev–Trinajstić information content (AvgIpc) is 2.82. The Morgan fingerprint density at radius 3 is 3.17 bits per heavy atom. The molecule has 2 saturated heterocycles. The molecule has 0 aromatic rings. The predicted molar refractivity (Wildman–Crippen MR) is 73.3 cm³/mol. The van der Waals surface area contributed by atoms with Crippen LogP contribution in [0.3, 0.4) is 0 Å². The quantitative estimate of drug-likeness (QED) is 0.698. The van der Waals surface area contributed by atoms with Gasteiger partial charge in [0.15, 0.2) is 0 Å². The fraction of sp³-hybridized carbons (Fsp3) is 0.833. The molecule has 0 bridgehead atoms. The summed E-state index contributed by atoms with van der Waals surface area (Å²) in [4.78, 5) is 14.4. The van der Waals surface area contributed by atoms with Crippen molar-refractivity contribution in [3.05, 3.63) is 0 Å². The first kappa shape index (κ1) is 13.7. The number of thiocarbonyl (C=S) groups is 1. The van der Waals surface area contributed by atoms with Gasteiger partial charge >= 0.3 is 0 Å². The number of carbonyl (C=O) groups excluding carboxylic acids is 1. The number of morpholine rings is 1. The highest BCUT2D eigenvalue weighted by Crippen LogP contribution is 2.22. The molecule has 102 valence electrons. The number of ether oxygens (including phenoxy) is 1. The fourth-order valence-corrected chi connectivity index (χ4v) is 2.61. The van der Waals surface area contributed by atoms with E-state index in [4.69, 9.17) is 22.7 Å². The molecule has 3 unspecified atom stereocenters. The Bertz CT molecular complexity index is 337. The molecule has 2 rings (SSSR count). The lowest BCUT2D eigenvalue weighted by atomic mass is 10.1. The van der Waals surface area contributed by atoms with Crippen molar-refractivity contribution in [2.75, 3.05) is 26.2 Å². The van der Waals surface area contributed by atoms with Crippen molar-refractivity contribution in [3.63, 3.8) is 0 Å². The summed E-state index contributed by atoms with van der Waals surface area (Å²) in [6.07, 6.45) is 2.57. The van der Waals surface area contributed by atoms with Gasteiger partial charge in [-0.05, 0) is 26.3 Å². The van der Waals surface area contributed by atoms with Crippen molar-refractivity contribution in [1.82, 2.24) is 10.2 Å². The lowest BCUT2D eigenvalue weighted by molar-refractivity contribution is -0.124. The van der Waals surface area contributed by atoms with Gasteiger partial charge in [-0.15, -0.1) is 0 Å². The minimum atomic E-state index is -0.414. The van der Waals surface area contributed by atoms with Gasteiger partial charge in [-0.1, -0.05) is 12.2 Å². The van der Waals surface area contributed by atoms with E-state index in [2.05, 4.69) is 10.2 Å². The molecule has 1 amide bonds. The van der Waals surface area contributed by atoms with E-state index < -0.39 is 5.92 Å². The largest absolute Gasteiger partial charge is 0.393 e. The van der Waals surface area contributed by atoms with E-state index in [1.54, 1.807) is 6.92 Å². The Kier molecular flexibility index (Phi) is 4.53. The zero-order valence-corrected chi connectivity index (χ0v) is 11.5. The normalized spacial score (nSPS) is 29.6. The van der Waals surface area contributed by atoms with Gasteiger partial charge in [-0.2, -0.15) is 0 Å². The van der Waals surface area contributed by atoms with Crippen LogP contribution in [0.5, 0.6) is 0 Å². The van der Waals surface area contributed by atoms with E-state index in [1.165, 1.54) is 12.8 Å². The lowest BCUT2D eigenvalue weighted by Gasteiger charge is -2.35. The monoisotopic (exact) mass is 271 g/mol. The second kappa shape index (κ2) is 5.95. The van der Waals surface area contributed by atoms with Crippen LogP contribution in [0.1, 0.15) is 19.8 Å². The first-order valence-corrected chi connectivity index (χ1v) is 6.91. The molecule has 0 aromatic carbocycles. The molecule has 6 heteroatoms. The maximum absolute atomic E-state index is 11.7. The lowest BCUT2D eigenvalue weighted by Crippen LogP contribution is -2.50. The van der Waals surface area contributed by atoms with E-state index in [0.717, 1.165) is 19.7 Å². The number of carbonyl (C=O) groups is 1. The van der Waals surface area contributed by atoms with Crippen LogP contribution < -0.4 is 11.1 Å².